The van der Waals surface area contributed by atoms with E-state index in [1.807, 2.05) is 29.8 Å². The molecule has 0 aliphatic heterocycles. The van der Waals surface area contributed by atoms with E-state index in [4.69, 9.17) is 5.73 Å². The molecule has 1 aromatic heterocycles. The minimum Gasteiger partial charge on any atom is -0.352 e. The second kappa shape index (κ2) is 6.15. The highest BCUT2D eigenvalue weighted by Crippen LogP contribution is 2.09. The lowest BCUT2D eigenvalue weighted by atomic mass is 10.1. The van der Waals surface area contributed by atoms with Crippen LogP contribution in [0, 0.1) is 5.92 Å². The number of carbonyl (C=O) groups is 1. The number of hydrogen-bond donors (Lipinski definition) is 2. The van der Waals surface area contributed by atoms with Crippen molar-refractivity contribution < 1.29 is 4.79 Å². The number of amides is 1. The third-order valence-electron chi connectivity index (χ3n) is 2.95. The van der Waals surface area contributed by atoms with Gasteiger partial charge in [0.15, 0.2) is 0 Å². The average Bonchev–Trinajstić information content (AvgIpc) is 2.98. The maximum atomic E-state index is 11.9. The molecule has 0 saturated carbocycles. The number of nitrogens with two attached hydrogens (primary N) is 1. The van der Waals surface area contributed by atoms with Crippen LogP contribution in [-0.2, 0) is 0 Å². The van der Waals surface area contributed by atoms with Crippen molar-refractivity contribution in [2.45, 2.75) is 6.92 Å². The van der Waals surface area contributed by atoms with Crippen LogP contribution in [0.2, 0.25) is 0 Å². The Morgan fingerprint density at radius 3 is 2.74 bits per heavy atom. The van der Waals surface area contributed by atoms with Gasteiger partial charge in [-0.2, -0.15) is 0 Å². The normalized spacial score (nSPS) is 12.1. The molecule has 0 bridgehead atoms. The van der Waals surface area contributed by atoms with Gasteiger partial charge in [-0.25, -0.2) is 4.98 Å². The van der Waals surface area contributed by atoms with E-state index in [0.29, 0.717) is 18.7 Å². The van der Waals surface area contributed by atoms with Crippen LogP contribution in [0.15, 0.2) is 43.0 Å². The molecule has 0 spiro atoms. The van der Waals surface area contributed by atoms with Crippen LogP contribution in [-0.4, -0.2) is 28.5 Å². The smallest absolute Gasteiger partial charge is 0.251 e. The summed E-state index contributed by atoms with van der Waals surface area (Å²) in [7, 11) is 0. The number of hydrogen-bond acceptors (Lipinski definition) is 3. The average molecular weight is 258 g/mol. The summed E-state index contributed by atoms with van der Waals surface area (Å²) in [5, 5.41) is 2.87. The number of nitrogens with zero attached hydrogens (tertiary/aromatic N) is 2. The molecule has 0 radical (unpaired) electrons. The van der Waals surface area contributed by atoms with Gasteiger partial charge in [0, 0.05) is 30.2 Å². The Hall–Kier alpha value is -2.14. The maximum Gasteiger partial charge on any atom is 0.251 e. The van der Waals surface area contributed by atoms with Crippen LogP contribution in [0.4, 0.5) is 0 Å². The van der Waals surface area contributed by atoms with E-state index in [0.717, 1.165) is 5.69 Å². The van der Waals surface area contributed by atoms with Crippen LogP contribution >= 0.6 is 0 Å². The van der Waals surface area contributed by atoms with Crippen molar-refractivity contribution in [2.75, 3.05) is 13.1 Å². The number of nitrogens with one attached hydrogen (secondary N) is 1. The first-order valence-electron chi connectivity index (χ1n) is 6.27. The molecule has 1 unspecified atom stereocenters. The largest absolute Gasteiger partial charge is 0.352 e. The number of rotatable bonds is 5. The number of aromatic nitrogens is 2. The molecule has 100 valence electrons. The molecule has 5 heteroatoms. The van der Waals surface area contributed by atoms with Gasteiger partial charge >= 0.3 is 0 Å². The topological polar surface area (TPSA) is 72.9 Å². The van der Waals surface area contributed by atoms with Gasteiger partial charge in [-0.15, -0.1) is 0 Å². The Bertz CT molecular complexity index is 519. The highest BCUT2D eigenvalue weighted by atomic mass is 16.1. The first-order valence-corrected chi connectivity index (χ1v) is 6.27. The third-order valence-corrected chi connectivity index (χ3v) is 2.95. The maximum absolute atomic E-state index is 11.9. The molecule has 5 nitrogen and oxygen atoms in total. The summed E-state index contributed by atoms with van der Waals surface area (Å²) in [6, 6.07) is 7.39. The van der Waals surface area contributed by atoms with Crippen LogP contribution in [0.5, 0.6) is 0 Å². The second-order valence-corrected chi connectivity index (χ2v) is 4.57. The zero-order chi connectivity index (χ0) is 13.7. The molecule has 0 aliphatic rings. The van der Waals surface area contributed by atoms with E-state index in [2.05, 4.69) is 10.3 Å². The molecule has 2 rings (SSSR count). The monoisotopic (exact) mass is 258 g/mol. The van der Waals surface area contributed by atoms with E-state index in [9.17, 15) is 4.79 Å². The van der Waals surface area contributed by atoms with Gasteiger partial charge in [-0.05, 0) is 36.7 Å². The summed E-state index contributed by atoms with van der Waals surface area (Å²) in [5.74, 6) is 0.214. The SMILES string of the molecule is CC(CN)CNC(=O)c1ccc(-n2ccnc2)cc1. The van der Waals surface area contributed by atoms with Crippen molar-refractivity contribution in [3.05, 3.63) is 48.5 Å². The summed E-state index contributed by atoms with van der Waals surface area (Å²) in [4.78, 5) is 15.9. The lowest BCUT2D eigenvalue weighted by molar-refractivity contribution is 0.0948. The predicted octanol–water partition coefficient (Wildman–Crippen LogP) is 1.20. The minimum absolute atomic E-state index is 0.0718. The molecular formula is C14H18N4O. The van der Waals surface area contributed by atoms with Gasteiger partial charge < -0.3 is 15.6 Å². The molecule has 0 aliphatic carbocycles. The van der Waals surface area contributed by atoms with Gasteiger partial charge in [0.05, 0.1) is 6.33 Å². The highest BCUT2D eigenvalue weighted by molar-refractivity contribution is 5.94. The molecule has 1 heterocycles. The summed E-state index contributed by atoms with van der Waals surface area (Å²) in [6.45, 7) is 3.17. The molecule has 1 amide bonds. The lowest BCUT2D eigenvalue weighted by Gasteiger charge is -2.10. The Balaban J connectivity index is 2.00. The Labute approximate surface area is 112 Å². The van der Waals surface area contributed by atoms with E-state index in [1.54, 1.807) is 24.7 Å². The summed E-state index contributed by atoms with van der Waals surface area (Å²) in [5.41, 5.74) is 7.13. The first kappa shape index (κ1) is 13.3. The molecule has 0 saturated heterocycles. The highest BCUT2D eigenvalue weighted by Gasteiger charge is 2.07. The fourth-order valence-corrected chi connectivity index (χ4v) is 1.65. The fourth-order valence-electron chi connectivity index (χ4n) is 1.65. The second-order valence-electron chi connectivity index (χ2n) is 4.57. The van der Waals surface area contributed by atoms with Crippen molar-refractivity contribution in [1.82, 2.24) is 14.9 Å². The van der Waals surface area contributed by atoms with Gasteiger partial charge in [0.1, 0.15) is 0 Å². The van der Waals surface area contributed by atoms with Gasteiger partial charge in [0.2, 0.25) is 0 Å². The van der Waals surface area contributed by atoms with E-state index in [-0.39, 0.29) is 11.8 Å². The predicted molar refractivity (Wildman–Crippen MR) is 74.1 cm³/mol. The van der Waals surface area contributed by atoms with Crippen molar-refractivity contribution in [3.63, 3.8) is 0 Å². The standard InChI is InChI=1S/C14H18N4O/c1-11(8-15)9-17-14(19)12-2-4-13(5-3-12)18-7-6-16-10-18/h2-7,10-11H,8-9,15H2,1H3,(H,17,19). The summed E-state index contributed by atoms with van der Waals surface area (Å²) < 4.78 is 1.89. The van der Waals surface area contributed by atoms with Crippen molar-refractivity contribution in [1.29, 1.82) is 0 Å². The van der Waals surface area contributed by atoms with Crippen molar-refractivity contribution in [3.8, 4) is 5.69 Å². The number of imidazole rings is 1. The molecule has 0 fully saturated rings. The molecular weight excluding hydrogens is 240 g/mol. The summed E-state index contributed by atoms with van der Waals surface area (Å²) >= 11 is 0. The zero-order valence-electron chi connectivity index (χ0n) is 10.9. The van der Waals surface area contributed by atoms with Gasteiger partial charge in [-0.1, -0.05) is 6.92 Å². The van der Waals surface area contributed by atoms with Crippen LogP contribution in [0.3, 0.4) is 0 Å². The van der Waals surface area contributed by atoms with Crippen molar-refractivity contribution >= 4 is 5.91 Å². The van der Waals surface area contributed by atoms with E-state index < -0.39 is 0 Å². The fraction of sp³-hybridized carbons (Fsp3) is 0.286. The van der Waals surface area contributed by atoms with E-state index >= 15 is 0 Å². The Morgan fingerprint density at radius 2 is 2.16 bits per heavy atom. The Morgan fingerprint density at radius 1 is 1.42 bits per heavy atom. The van der Waals surface area contributed by atoms with Gasteiger partial charge in [0.25, 0.3) is 5.91 Å². The van der Waals surface area contributed by atoms with Crippen LogP contribution in [0.25, 0.3) is 5.69 Å². The number of carbonyl (C=O) groups excluding carboxylic acids is 1. The lowest BCUT2D eigenvalue weighted by Crippen LogP contribution is -2.31. The molecule has 2 aromatic rings. The third kappa shape index (κ3) is 3.42. The number of benzene rings is 1. The molecule has 19 heavy (non-hydrogen) atoms. The quantitative estimate of drug-likeness (QED) is 0.846. The first-order chi connectivity index (χ1) is 9.20. The van der Waals surface area contributed by atoms with Crippen molar-refractivity contribution in [2.24, 2.45) is 11.7 Å². The zero-order valence-corrected chi connectivity index (χ0v) is 10.9. The van der Waals surface area contributed by atoms with Crippen LogP contribution in [0.1, 0.15) is 17.3 Å². The Kier molecular flexibility index (Phi) is 4.30. The summed E-state index contributed by atoms with van der Waals surface area (Å²) in [6.07, 6.45) is 5.30. The molecule has 1 aromatic carbocycles. The molecule has 1 atom stereocenters. The molecule has 3 N–H and O–H groups in total. The minimum atomic E-state index is -0.0718. The van der Waals surface area contributed by atoms with E-state index in [1.165, 1.54) is 0 Å². The van der Waals surface area contributed by atoms with Gasteiger partial charge in [-0.3, -0.25) is 4.79 Å². The van der Waals surface area contributed by atoms with Crippen LogP contribution < -0.4 is 11.1 Å².